The van der Waals surface area contributed by atoms with Crippen LogP contribution < -0.4 is 5.32 Å². The van der Waals surface area contributed by atoms with Crippen LogP contribution in [0, 0.1) is 6.92 Å². The number of halogens is 1. The van der Waals surface area contributed by atoms with Crippen molar-refractivity contribution >= 4 is 21.8 Å². The third-order valence-corrected chi connectivity index (χ3v) is 3.50. The molecule has 1 aromatic carbocycles. The molecule has 2 rings (SSSR count). The van der Waals surface area contributed by atoms with Crippen LogP contribution in [0.15, 0.2) is 47.1 Å². The van der Waals surface area contributed by atoms with Gasteiger partial charge >= 0.3 is 0 Å². The highest BCUT2D eigenvalue weighted by molar-refractivity contribution is 9.10. The molecule has 1 heterocycles. The van der Waals surface area contributed by atoms with Crippen LogP contribution in [-0.4, -0.2) is 10.9 Å². The molecule has 0 spiro atoms. The summed E-state index contributed by atoms with van der Waals surface area (Å²) in [5.41, 5.74) is 2.59. The Bertz CT molecular complexity index is 584. The number of nitrogens with one attached hydrogen (secondary N) is 1. The molecule has 0 aliphatic heterocycles. The molecule has 1 aromatic heterocycles. The van der Waals surface area contributed by atoms with Gasteiger partial charge in [-0.1, -0.05) is 12.1 Å². The van der Waals surface area contributed by atoms with Crippen LogP contribution in [0.2, 0.25) is 0 Å². The number of nitrogens with zero attached hydrogens (tertiary/aromatic N) is 1. The van der Waals surface area contributed by atoms with Crippen molar-refractivity contribution in [2.45, 2.75) is 19.9 Å². The lowest BCUT2D eigenvalue weighted by Gasteiger charge is -2.14. The fourth-order valence-corrected chi connectivity index (χ4v) is 2.46. The largest absolute Gasteiger partial charge is 0.344 e. The smallest absolute Gasteiger partial charge is 0.252 e. The number of amides is 1. The number of benzene rings is 1. The molecule has 0 saturated heterocycles. The van der Waals surface area contributed by atoms with Gasteiger partial charge in [-0.05, 0) is 59.6 Å². The lowest BCUT2D eigenvalue weighted by atomic mass is 10.1. The summed E-state index contributed by atoms with van der Waals surface area (Å²) in [6.45, 7) is 3.91. The van der Waals surface area contributed by atoms with E-state index < -0.39 is 0 Å². The zero-order valence-electron chi connectivity index (χ0n) is 10.9. The summed E-state index contributed by atoms with van der Waals surface area (Å²) in [4.78, 5) is 16.4. The molecule has 0 radical (unpaired) electrons. The second kappa shape index (κ2) is 5.97. The van der Waals surface area contributed by atoms with Gasteiger partial charge in [-0.25, -0.2) is 0 Å². The fourth-order valence-electron chi connectivity index (χ4n) is 1.78. The molecule has 0 bridgehead atoms. The first-order valence-electron chi connectivity index (χ1n) is 6.06. The summed E-state index contributed by atoms with van der Waals surface area (Å²) in [5, 5.41) is 2.94. The van der Waals surface area contributed by atoms with Crippen LogP contribution >= 0.6 is 15.9 Å². The molecule has 0 aliphatic carbocycles. The Hall–Kier alpha value is -1.68. The van der Waals surface area contributed by atoms with E-state index >= 15 is 0 Å². The highest BCUT2D eigenvalue weighted by Gasteiger charge is 2.14. The van der Waals surface area contributed by atoms with Gasteiger partial charge in [0.05, 0.1) is 17.3 Å². The van der Waals surface area contributed by atoms with E-state index in [2.05, 4.69) is 26.2 Å². The Morgan fingerprint density at radius 1 is 1.32 bits per heavy atom. The van der Waals surface area contributed by atoms with E-state index in [-0.39, 0.29) is 11.9 Å². The SMILES string of the molecule is Cc1ccc(C(=O)NC(C)c2ccccn2)c(Br)c1. The van der Waals surface area contributed by atoms with Gasteiger partial charge in [0, 0.05) is 10.7 Å². The minimum absolute atomic E-state index is 0.106. The number of rotatable bonds is 3. The van der Waals surface area contributed by atoms with Gasteiger partial charge < -0.3 is 5.32 Å². The average Bonchev–Trinajstić information content (AvgIpc) is 2.39. The van der Waals surface area contributed by atoms with Crippen molar-refractivity contribution in [1.82, 2.24) is 10.3 Å². The number of carbonyl (C=O) groups excluding carboxylic acids is 1. The summed E-state index contributed by atoms with van der Waals surface area (Å²) in [5.74, 6) is -0.106. The fraction of sp³-hybridized carbons (Fsp3) is 0.200. The van der Waals surface area contributed by atoms with Crippen LogP contribution in [0.5, 0.6) is 0 Å². The van der Waals surface area contributed by atoms with Gasteiger partial charge in [-0.3, -0.25) is 9.78 Å². The molecule has 1 unspecified atom stereocenters. The normalized spacial score (nSPS) is 11.9. The maximum atomic E-state index is 12.2. The van der Waals surface area contributed by atoms with Gasteiger partial charge in [0.15, 0.2) is 0 Å². The first-order valence-corrected chi connectivity index (χ1v) is 6.85. The molecule has 4 heteroatoms. The molecule has 2 aromatic rings. The topological polar surface area (TPSA) is 42.0 Å². The summed E-state index contributed by atoms with van der Waals surface area (Å²) < 4.78 is 0.804. The number of pyridine rings is 1. The Kier molecular flexibility index (Phi) is 4.32. The second-order valence-corrected chi connectivity index (χ2v) is 5.29. The summed E-state index contributed by atoms with van der Waals surface area (Å²) >= 11 is 3.42. The van der Waals surface area contributed by atoms with Crippen LogP contribution in [0.1, 0.15) is 34.6 Å². The van der Waals surface area contributed by atoms with E-state index in [4.69, 9.17) is 0 Å². The Labute approximate surface area is 121 Å². The molecule has 19 heavy (non-hydrogen) atoms. The van der Waals surface area contributed by atoms with E-state index in [1.54, 1.807) is 6.20 Å². The van der Waals surface area contributed by atoms with Crippen molar-refractivity contribution in [1.29, 1.82) is 0 Å². The van der Waals surface area contributed by atoms with Gasteiger partial charge in [0.25, 0.3) is 5.91 Å². The quantitative estimate of drug-likeness (QED) is 0.938. The number of aromatic nitrogens is 1. The summed E-state index contributed by atoms with van der Waals surface area (Å²) in [6, 6.07) is 11.2. The van der Waals surface area contributed by atoms with E-state index in [9.17, 15) is 4.79 Å². The predicted molar refractivity (Wildman–Crippen MR) is 79.0 cm³/mol. The first kappa shape index (κ1) is 13.7. The molecular weight excluding hydrogens is 304 g/mol. The van der Waals surface area contributed by atoms with E-state index in [1.165, 1.54) is 0 Å². The minimum atomic E-state index is -0.123. The van der Waals surface area contributed by atoms with Gasteiger partial charge in [0.2, 0.25) is 0 Å². The molecule has 0 fully saturated rings. The molecule has 0 saturated carbocycles. The number of carbonyl (C=O) groups is 1. The summed E-state index contributed by atoms with van der Waals surface area (Å²) in [6.07, 6.45) is 1.72. The van der Waals surface area contributed by atoms with E-state index in [0.717, 1.165) is 15.7 Å². The van der Waals surface area contributed by atoms with Crippen molar-refractivity contribution in [2.24, 2.45) is 0 Å². The van der Waals surface area contributed by atoms with Crippen molar-refractivity contribution in [3.05, 3.63) is 63.9 Å². The van der Waals surface area contributed by atoms with Crippen molar-refractivity contribution in [2.75, 3.05) is 0 Å². The number of hydrogen-bond donors (Lipinski definition) is 1. The number of hydrogen-bond acceptors (Lipinski definition) is 2. The van der Waals surface area contributed by atoms with Gasteiger partial charge in [0.1, 0.15) is 0 Å². The highest BCUT2D eigenvalue weighted by atomic mass is 79.9. The Morgan fingerprint density at radius 2 is 2.11 bits per heavy atom. The molecule has 1 amide bonds. The van der Waals surface area contributed by atoms with E-state index in [0.29, 0.717) is 5.56 Å². The zero-order chi connectivity index (χ0) is 13.8. The minimum Gasteiger partial charge on any atom is -0.344 e. The second-order valence-electron chi connectivity index (χ2n) is 4.43. The zero-order valence-corrected chi connectivity index (χ0v) is 12.4. The molecule has 3 nitrogen and oxygen atoms in total. The van der Waals surface area contributed by atoms with Gasteiger partial charge in [-0.2, -0.15) is 0 Å². The molecule has 98 valence electrons. The first-order chi connectivity index (χ1) is 9.08. The lowest BCUT2D eigenvalue weighted by molar-refractivity contribution is 0.0938. The molecule has 0 aliphatic rings. The van der Waals surface area contributed by atoms with Gasteiger partial charge in [-0.15, -0.1) is 0 Å². The van der Waals surface area contributed by atoms with Crippen molar-refractivity contribution < 1.29 is 4.79 Å². The standard InChI is InChI=1S/C15H15BrN2O/c1-10-6-7-12(13(16)9-10)15(19)18-11(2)14-5-3-4-8-17-14/h3-9,11H,1-2H3,(H,18,19). The van der Waals surface area contributed by atoms with Crippen LogP contribution in [0.3, 0.4) is 0 Å². The number of aryl methyl sites for hydroxylation is 1. The average molecular weight is 319 g/mol. The predicted octanol–water partition coefficient (Wildman–Crippen LogP) is 3.64. The maximum Gasteiger partial charge on any atom is 0.252 e. The molecule has 1 atom stereocenters. The Balaban J connectivity index is 2.13. The maximum absolute atomic E-state index is 12.2. The highest BCUT2D eigenvalue weighted by Crippen LogP contribution is 2.19. The lowest BCUT2D eigenvalue weighted by Crippen LogP contribution is -2.27. The third-order valence-electron chi connectivity index (χ3n) is 2.85. The van der Waals surface area contributed by atoms with Crippen LogP contribution in [0.25, 0.3) is 0 Å². The monoisotopic (exact) mass is 318 g/mol. The van der Waals surface area contributed by atoms with Crippen molar-refractivity contribution in [3.8, 4) is 0 Å². The molecule has 1 N–H and O–H groups in total. The Morgan fingerprint density at radius 3 is 2.74 bits per heavy atom. The summed E-state index contributed by atoms with van der Waals surface area (Å²) in [7, 11) is 0. The van der Waals surface area contributed by atoms with Crippen LogP contribution in [0.4, 0.5) is 0 Å². The van der Waals surface area contributed by atoms with E-state index in [1.807, 2.05) is 50.2 Å². The molecular formula is C15H15BrN2O. The van der Waals surface area contributed by atoms with Crippen molar-refractivity contribution in [3.63, 3.8) is 0 Å². The van der Waals surface area contributed by atoms with Crippen LogP contribution in [-0.2, 0) is 0 Å². The third kappa shape index (κ3) is 3.41.